The molecule has 6 heteroatoms. The quantitative estimate of drug-likeness (QED) is 0.613. The van der Waals surface area contributed by atoms with Crippen molar-refractivity contribution in [3.05, 3.63) is 72.1 Å². The van der Waals surface area contributed by atoms with Crippen LogP contribution in [0, 0.1) is 6.92 Å². The van der Waals surface area contributed by atoms with E-state index < -0.39 is 0 Å². The number of aryl methyl sites for hydroxylation is 2. The molecule has 0 saturated carbocycles. The fourth-order valence-electron chi connectivity index (χ4n) is 3.20. The van der Waals surface area contributed by atoms with Crippen LogP contribution in [0.3, 0.4) is 0 Å². The molecular formula is C22H27N5O. The van der Waals surface area contributed by atoms with E-state index in [-0.39, 0.29) is 5.91 Å². The molecular weight excluding hydrogens is 350 g/mol. The van der Waals surface area contributed by atoms with Gasteiger partial charge in [-0.3, -0.25) is 9.78 Å². The van der Waals surface area contributed by atoms with E-state index in [4.69, 9.17) is 0 Å². The number of aromatic nitrogens is 3. The molecule has 0 atom stereocenters. The lowest BCUT2D eigenvalue weighted by molar-refractivity contribution is 0.0948. The Kier molecular flexibility index (Phi) is 6.55. The van der Waals surface area contributed by atoms with E-state index in [1.54, 1.807) is 12.4 Å². The standard InChI is InChI=1S/C22H27N5O/c1-17-23-12-14-27(17)13-6-11-25-22(28)21-20(9-5-10-24-21)19-8-4-7-18(15-19)16-26(2)3/h4-5,7-10,12,14-15H,6,11,13,16H2,1-3H3,(H,25,28). The van der Waals surface area contributed by atoms with E-state index in [0.717, 1.165) is 36.5 Å². The Bertz CT molecular complexity index is 932. The molecule has 1 aromatic carbocycles. The zero-order valence-electron chi connectivity index (χ0n) is 16.7. The van der Waals surface area contributed by atoms with Crippen LogP contribution in [0.25, 0.3) is 11.1 Å². The Morgan fingerprint density at radius 3 is 2.75 bits per heavy atom. The van der Waals surface area contributed by atoms with E-state index in [9.17, 15) is 4.79 Å². The third-order valence-electron chi connectivity index (χ3n) is 4.54. The lowest BCUT2D eigenvalue weighted by Crippen LogP contribution is -2.26. The monoisotopic (exact) mass is 377 g/mol. The number of hydrogen-bond donors (Lipinski definition) is 1. The minimum Gasteiger partial charge on any atom is -0.351 e. The molecule has 0 spiro atoms. The molecule has 0 aliphatic rings. The molecule has 6 nitrogen and oxygen atoms in total. The second-order valence-electron chi connectivity index (χ2n) is 7.12. The summed E-state index contributed by atoms with van der Waals surface area (Å²) in [6.07, 6.45) is 6.24. The highest BCUT2D eigenvalue weighted by Crippen LogP contribution is 2.23. The number of nitrogens with zero attached hydrogens (tertiary/aromatic N) is 4. The van der Waals surface area contributed by atoms with E-state index in [1.807, 2.05) is 51.5 Å². The van der Waals surface area contributed by atoms with Gasteiger partial charge in [-0.25, -0.2) is 4.98 Å². The number of carbonyl (C=O) groups is 1. The van der Waals surface area contributed by atoms with Crippen molar-refractivity contribution >= 4 is 5.91 Å². The number of nitrogens with one attached hydrogen (secondary N) is 1. The van der Waals surface area contributed by atoms with Gasteiger partial charge in [0.25, 0.3) is 5.91 Å². The molecule has 1 amide bonds. The second-order valence-corrected chi connectivity index (χ2v) is 7.12. The number of amides is 1. The number of hydrogen-bond acceptors (Lipinski definition) is 4. The Labute approximate surface area is 166 Å². The topological polar surface area (TPSA) is 63.1 Å². The number of benzene rings is 1. The van der Waals surface area contributed by atoms with Crippen molar-refractivity contribution in [1.82, 2.24) is 24.8 Å². The maximum absolute atomic E-state index is 12.7. The minimum atomic E-state index is -0.143. The highest BCUT2D eigenvalue weighted by Gasteiger charge is 2.14. The summed E-state index contributed by atoms with van der Waals surface area (Å²) < 4.78 is 2.08. The Morgan fingerprint density at radius 1 is 1.14 bits per heavy atom. The molecule has 3 aromatic rings. The van der Waals surface area contributed by atoms with Gasteiger partial charge in [-0.05, 0) is 50.7 Å². The van der Waals surface area contributed by atoms with Crippen LogP contribution in [0.5, 0.6) is 0 Å². The summed E-state index contributed by atoms with van der Waals surface area (Å²) in [6, 6.07) is 12.1. The van der Waals surface area contributed by atoms with Crippen molar-refractivity contribution in [3.8, 4) is 11.1 Å². The van der Waals surface area contributed by atoms with Gasteiger partial charge in [0.05, 0.1) is 0 Å². The van der Waals surface area contributed by atoms with Crippen LogP contribution >= 0.6 is 0 Å². The Morgan fingerprint density at radius 2 is 2.00 bits per heavy atom. The highest BCUT2D eigenvalue weighted by molar-refractivity contribution is 5.98. The summed E-state index contributed by atoms with van der Waals surface area (Å²) in [4.78, 5) is 23.4. The number of carbonyl (C=O) groups excluding carboxylic acids is 1. The maximum Gasteiger partial charge on any atom is 0.270 e. The van der Waals surface area contributed by atoms with Gasteiger partial charge in [0.1, 0.15) is 11.5 Å². The van der Waals surface area contributed by atoms with Gasteiger partial charge in [-0.2, -0.15) is 0 Å². The third kappa shape index (κ3) is 5.04. The van der Waals surface area contributed by atoms with Crippen LogP contribution < -0.4 is 5.32 Å². The predicted molar refractivity (Wildman–Crippen MR) is 111 cm³/mol. The molecule has 0 bridgehead atoms. The summed E-state index contributed by atoms with van der Waals surface area (Å²) >= 11 is 0. The summed E-state index contributed by atoms with van der Waals surface area (Å²) in [7, 11) is 4.09. The van der Waals surface area contributed by atoms with Crippen molar-refractivity contribution in [1.29, 1.82) is 0 Å². The van der Waals surface area contributed by atoms with Gasteiger partial charge in [-0.1, -0.05) is 24.3 Å². The van der Waals surface area contributed by atoms with Gasteiger partial charge in [0, 0.05) is 43.8 Å². The molecule has 146 valence electrons. The third-order valence-corrected chi connectivity index (χ3v) is 4.54. The first-order valence-corrected chi connectivity index (χ1v) is 9.49. The summed E-state index contributed by atoms with van der Waals surface area (Å²) in [5.74, 6) is 0.840. The normalized spacial score (nSPS) is 11.0. The number of imidazole rings is 1. The lowest BCUT2D eigenvalue weighted by Gasteiger charge is -2.13. The SMILES string of the molecule is Cc1nccn1CCCNC(=O)c1ncccc1-c1cccc(CN(C)C)c1. The van der Waals surface area contributed by atoms with Gasteiger partial charge in [0.2, 0.25) is 0 Å². The molecule has 2 aromatic heterocycles. The molecule has 28 heavy (non-hydrogen) atoms. The summed E-state index contributed by atoms with van der Waals surface area (Å²) in [5.41, 5.74) is 3.52. The zero-order valence-corrected chi connectivity index (χ0v) is 16.7. The van der Waals surface area contributed by atoms with Crippen LogP contribution in [0.2, 0.25) is 0 Å². The van der Waals surface area contributed by atoms with Crippen molar-refractivity contribution in [2.45, 2.75) is 26.4 Å². The molecule has 0 fully saturated rings. The molecule has 0 radical (unpaired) electrons. The predicted octanol–water partition coefficient (Wildman–Crippen LogP) is 3.14. The van der Waals surface area contributed by atoms with Gasteiger partial charge < -0.3 is 14.8 Å². The fraction of sp³-hybridized carbons (Fsp3) is 0.318. The Hall–Kier alpha value is -2.99. The molecule has 1 N–H and O–H groups in total. The van der Waals surface area contributed by atoms with E-state index in [0.29, 0.717) is 12.2 Å². The fourth-order valence-corrected chi connectivity index (χ4v) is 3.20. The van der Waals surface area contributed by atoms with Gasteiger partial charge in [0.15, 0.2) is 0 Å². The van der Waals surface area contributed by atoms with E-state index >= 15 is 0 Å². The Balaban J connectivity index is 1.67. The van der Waals surface area contributed by atoms with Crippen molar-refractivity contribution < 1.29 is 4.79 Å². The first-order chi connectivity index (χ1) is 13.5. The smallest absolute Gasteiger partial charge is 0.270 e. The number of rotatable bonds is 8. The average Bonchev–Trinajstić information content (AvgIpc) is 3.09. The molecule has 3 rings (SSSR count). The largest absolute Gasteiger partial charge is 0.351 e. The van der Waals surface area contributed by atoms with E-state index in [2.05, 4.69) is 36.9 Å². The van der Waals surface area contributed by atoms with Crippen molar-refractivity contribution in [2.24, 2.45) is 0 Å². The molecule has 0 aliphatic heterocycles. The maximum atomic E-state index is 12.7. The van der Waals surface area contributed by atoms with Gasteiger partial charge in [-0.15, -0.1) is 0 Å². The zero-order chi connectivity index (χ0) is 19.9. The summed E-state index contributed by atoms with van der Waals surface area (Å²) in [5, 5.41) is 2.99. The average molecular weight is 377 g/mol. The van der Waals surface area contributed by atoms with Gasteiger partial charge >= 0.3 is 0 Å². The van der Waals surface area contributed by atoms with Crippen LogP contribution in [0.15, 0.2) is 55.0 Å². The van der Waals surface area contributed by atoms with Crippen molar-refractivity contribution in [3.63, 3.8) is 0 Å². The van der Waals surface area contributed by atoms with Crippen molar-refractivity contribution in [2.75, 3.05) is 20.6 Å². The van der Waals surface area contributed by atoms with E-state index in [1.165, 1.54) is 5.56 Å². The summed E-state index contributed by atoms with van der Waals surface area (Å²) in [6.45, 7) is 4.24. The van der Waals surface area contributed by atoms with Crippen LogP contribution in [0.4, 0.5) is 0 Å². The van der Waals surface area contributed by atoms with Crippen LogP contribution in [-0.4, -0.2) is 46.0 Å². The number of pyridine rings is 1. The first kappa shape index (κ1) is 19.8. The molecule has 2 heterocycles. The molecule has 0 saturated heterocycles. The highest BCUT2D eigenvalue weighted by atomic mass is 16.1. The first-order valence-electron chi connectivity index (χ1n) is 9.49. The van der Waals surface area contributed by atoms with Crippen LogP contribution in [0.1, 0.15) is 28.3 Å². The van der Waals surface area contributed by atoms with Crippen LogP contribution in [-0.2, 0) is 13.1 Å². The minimum absolute atomic E-state index is 0.143. The molecule has 0 aliphatic carbocycles. The molecule has 0 unspecified atom stereocenters. The lowest BCUT2D eigenvalue weighted by atomic mass is 10.0. The second kappa shape index (κ2) is 9.28.